The lowest BCUT2D eigenvalue weighted by Gasteiger charge is -2.23. The zero-order valence-electron chi connectivity index (χ0n) is 15.7. The Morgan fingerprint density at radius 1 is 1.15 bits per heavy atom. The molecule has 0 unspecified atom stereocenters. The molecule has 6 nitrogen and oxygen atoms in total. The van der Waals surface area contributed by atoms with Crippen LogP contribution in [-0.2, 0) is 11.3 Å². The summed E-state index contributed by atoms with van der Waals surface area (Å²) in [5.74, 6) is 0.670. The summed E-state index contributed by atoms with van der Waals surface area (Å²) < 4.78 is 5.38. The summed E-state index contributed by atoms with van der Waals surface area (Å²) in [5, 5.41) is 5.40. The van der Waals surface area contributed by atoms with Crippen molar-refractivity contribution in [1.29, 1.82) is 0 Å². The summed E-state index contributed by atoms with van der Waals surface area (Å²) in [6, 6.07) is 15.1. The van der Waals surface area contributed by atoms with Crippen molar-refractivity contribution in [2.45, 2.75) is 32.4 Å². The molecule has 0 spiro atoms. The van der Waals surface area contributed by atoms with Crippen molar-refractivity contribution in [2.24, 2.45) is 0 Å². The molecule has 3 amide bonds. The van der Waals surface area contributed by atoms with Crippen LogP contribution < -0.4 is 15.4 Å². The molecule has 0 saturated heterocycles. The highest BCUT2D eigenvalue weighted by atomic mass is 16.5. The maximum absolute atomic E-state index is 12.7. The molecule has 0 atom stereocenters. The minimum atomic E-state index is -0.387. The van der Waals surface area contributed by atoms with Gasteiger partial charge in [-0.2, -0.15) is 0 Å². The van der Waals surface area contributed by atoms with Gasteiger partial charge in [0.05, 0.1) is 13.7 Å². The number of hydrogen-bond acceptors (Lipinski definition) is 3. The molecule has 1 aliphatic carbocycles. The van der Waals surface area contributed by atoms with E-state index in [9.17, 15) is 9.59 Å². The van der Waals surface area contributed by atoms with E-state index in [1.54, 1.807) is 7.11 Å². The van der Waals surface area contributed by atoms with Gasteiger partial charge < -0.3 is 20.3 Å². The van der Waals surface area contributed by atoms with Gasteiger partial charge in [0, 0.05) is 23.8 Å². The highest BCUT2D eigenvalue weighted by Gasteiger charge is 2.33. The third-order valence-corrected chi connectivity index (χ3v) is 4.52. The number of urea groups is 1. The van der Waals surface area contributed by atoms with Crippen LogP contribution in [0.25, 0.3) is 0 Å². The van der Waals surface area contributed by atoms with Gasteiger partial charge in [-0.15, -0.1) is 0 Å². The van der Waals surface area contributed by atoms with E-state index >= 15 is 0 Å². The number of carbonyl (C=O) groups excluding carboxylic acids is 2. The van der Waals surface area contributed by atoms with E-state index in [4.69, 9.17) is 4.74 Å². The number of anilines is 1. The molecule has 1 aliphatic rings. The number of ether oxygens (including phenoxy) is 1. The normalized spacial score (nSPS) is 13.0. The van der Waals surface area contributed by atoms with E-state index in [2.05, 4.69) is 10.6 Å². The predicted molar refractivity (Wildman–Crippen MR) is 105 cm³/mol. The lowest BCUT2D eigenvalue weighted by molar-refractivity contribution is -0.131. The molecular weight excluding hydrogens is 342 g/mol. The van der Waals surface area contributed by atoms with Crippen molar-refractivity contribution in [1.82, 2.24) is 10.2 Å². The molecule has 0 heterocycles. The average molecular weight is 367 g/mol. The van der Waals surface area contributed by atoms with Gasteiger partial charge in [-0.25, -0.2) is 4.79 Å². The van der Waals surface area contributed by atoms with Gasteiger partial charge >= 0.3 is 6.03 Å². The van der Waals surface area contributed by atoms with Gasteiger partial charge in [0.15, 0.2) is 0 Å². The number of rotatable bonds is 7. The molecule has 3 rings (SSSR count). The van der Waals surface area contributed by atoms with E-state index in [-0.39, 0.29) is 24.5 Å². The largest absolute Gasteiger partial charge is 0.496 e. The minimum absolute atomic E-state index is 0.0384. The maximum Gasteiger partial charge on any atom is 0.319 e. The van der Waals surface area contributed by atoms with Crippen LogP contribution >= 0.6 is 0 Å². The molecule has 0 aromatic heterocycles. The van der Waals surface area contributed by atoms with Crippen molar-refractivity contribution >= 4 is 17.6 Å². The fourth-order valence-corrected chi connectivity index (χ4v) is 2.98. The topological polar surface area (TPSA) is 70.7 Å². The average Bonchev–Trinajstić information content (AvgIpc) is 3.49. The molecule has 0 bridgehead atoms. The minimum Gasteiger partial charge on any atom is -0.496 e. The third-order valence-electron chi connectivity index (χ3n) is 4.52. The first-order valence-electron chi connectivity index (χ1n) is 9.09. The summed E-state index contributed by atoms with van der Waals surface area (Å²) in [6.07, 6.45) is 1.99. The van der Waals surface area contributed by atoms with E-state index in [1.165, 1.54) is 0 Å². The van der Waals surface area contributed by atoms with Gasteiger partial charge in [-0.3, -0.25) is 4.79 Å². The number of methoxy groups -OCH3 is 1. The first-order valence-corrected chi connectivity index (χ1v) is 9.09. The fraction of sp³-hybridized carbons (Fsp3) is 0.333. The lowest BCUT2D eigenvalue weighted by atomic mass is 10.2. The SMILES string of the molecule is COc1ccccc1CN(C(=O)CNC(=O)Nc1cccc(C)c1)C1CC1. The Labute approximate surface area is 159 Å². The summed E-state index contributed by atoms with van der Waals surface area (Å²) in [7, 11) is 1.62. The zero-order valence-corrected chi connectivity index (χ0v) is 15.7. The smallest absolute Gasteiger partial charge is 0.319 e. The van der Waals surface area contributed by atoms with E-state index in [0.29, 0.717) is 12.2 Å². The highest BCUT2D eigenvalue weighted by Crippen LogP contribution is 2.30. The van der Waals surface area contributed by atoms with E-state index in [0.717, 1.165) is 29.7 Å². The summed E-state index contributed by atoms with van der Waals surface area (Å²) in [4.78, 5) is 26.6. The van der Waals surface area contributed by atoms with Crippen molar-refractivity contribution in [2.75, 3.05) is 19.0 Å². The van der Waals surface area contributed by atoms with Crippen LogP contribution in [0.5, 0.6) is 5.75 Å². The first-order chi connectivity index (χ1) is 13.1. The Morgan fingerprint density at radius 3 is 2.63 bits per heavy atom. The van der Waals surface area contributed by atoms with Crippen molar-refractivity contribution in [3.63, 3.8) is 0 Å². The highest BCUT2D eigenvalue weighted by molar-refractivity contribution is 5.92. The number of nitrogens with one attached hydrogen (secondary N) is 2. The third kappa shape index (κ3) is 5.23. The van der Waals surface area contributed by atoms with Crippen molar-refractivity contribution in [3.8, 4) is 5.75 Å². The van der Waals surface area contributed by atoms with Crippen LogP contribution in [-0.4, -0.2) is 36.5 Å². The Morgan fingerprint density at radius 2 is 1.93 bits per heavy atom. The lowest BCUT2D eigenvalue weighted by Crippen LogP contribution is -2.42. The molecular formula is C21H25N3O3. The Balaban J connectivity index is 1.57. The second kappa shape index (κ2) is 8.58. The van der Waals surface area contributed by atoms with Gasteiger partial charge in [-0.05, 0) is 43.5 Å². The first kappa shape index (κ1) is 18.8. The number of carbonyl (C=O) groups is 2. The van der Waals surface area contributed by atoms with Crippen LogP contribution in [0.2, 0.25) is 0 Å². The molecule has 142 valence electrons. The number of nitrogens with zero attached hydrogens (tertiary/aromatic N) is 1. The van der Waals surface area contributed by atoms with Crippen LogP contribution in [0.1, 0.15) is 24.0 Å². The van der Waals surface area contributed by atoms with E-state index in [1.807, 2.05) is 60.4 Å². The second-order valence-corrected chi connectivity index (χ2v) is 6.74. The molecule has 27 heavy (non-hydrogen) atoms. The standard InChI is InChI=1S/C21H25N3O3/c1-15-6-5-8-17(12-15)23-21(26)22-13-20(25)24(18-10-11-18)14-16-7-3-4-9-19(16)27-2/h3-9,12,18H,10-11,13-14H2,1-2H3,(H2,22,23,26). The summed E-state index contributed by atoms with van der Waals surface area (Å²) in [6.45, 7) is 2.40. The number of hydrogen-bond donors (Lipinski definition) is 2. The van der Waals surface area contributed by atoms with Crippen LogP contribution in [0.15, 0.2) is 48.5 Å². The van der Waals surface area contributed by atoms with E-state index < -0.39 is 0 Å². The number of benzene rings is 2. The molecule has 2 N–H and O–H groups in total. The number of para-hydroxylation sites is 1. The molecule has 0 radical (unpaired) electrons. The van der Waals surface area contributed by atoms with Crippen LogP contribution in [0, 0.1) is 6.92 Å². The van der Waals surface area contributed by atoms with Crippen LogP contribution in [0.3, 0.4) is 0 Å². The molecule has 6 heteroatoms. The molecule has 0 aliphatic heterocycles. The Hall–Kier alpha value is -3.02. The summed E-state index contributed by atoms with van der Waals surface area (Å²) >= 11 is 0. The van der Waals surface area contributed by atoms with Gasteiger partial charge in [-0.1, -0.05) is 30.3 Å². The summed E-state index contributed by atoms with van der Waals surface area (Å²) in [5.41, 5.74) is 2.72. The molecule has 2 aromatic carbocycles. The number of amides is 3. The zero-order chi connectivity index (χ0) is 19.2. The molecule has 1 fully saturated rings. The monoisotopic (exact) mass is 367 g/mol. The molecule has 1 saturated carbocycles. The second-order valence-electron chi connectivity index (χ2n) is 6.74. The van der Waals surface area contributed by atoms with Crippen LogP contribution in [0.4, 0.5) is 10.5 Å². The Bertz CT molecular complexity index is 818. The fourth-order valence-electron chi connectivity index (χ4n) is 2.98. The predicted octanol–water partition coefficient (Wildman–Crippen LogP) is 3.32. The van der Waals surface area contributed by atoms with Gasteiger partial charge in [0.25, 0.3) is 0 Å². The Kier molecular flexibility index (Phi) is 5.96. The molecule has 2 aromatic rings. The van der Waals surface area contributed by atoms with Crippen molar-refractivity contribution in [3.05, 3.63) is 59.7 Å². The quantitative estimate of drug-likeness (QED) is 0.789. The maximum atomic E-state index is 12.7. The number of aryl methyl sites for hydroxylation is 1. The van der Waals surface area contributed by atoms with Crippen molar-refractivity contribution < 1.29 is 14.3 Å². The van der Waals surface area contributed by atoms with Gasteiger partial charge in [0.1, 0.15) is 5.75 Å². The van der Waals surface area contributed by atoms with Gasteiger partial charge in [0.2, 0.25) is 5.91 Å².